The minimum absolute atomic E-state index is 0.00856. The number of amides is 2. The fourth-order valence-corrected chi connectivity index (χ4v) is 4.43. The van der Waals surface area contributed by atoms with Crippen molar-refractivity contribution in [2.75, 3.05) is 5.32 Å². The molecule has 0 aliphatic carbocycles. The van der Waals surface area contributed by atoms with Crippen LogP contribution in [0.1, 0.15) is 12.5 Å². The number of non-ortho nitro benzene ring substituents is 1. The first-order valence-corrected chi connectivity index (χ1v) is 10.7. The van der Waals surface area contributed by atoms with Crippen LogP contribution in [0.5, 0.6) is 5.75 Å². The molecule has 2 aromatic carbocycles. The van der Waals surface area contributed by atoms with Crippen LogP contribution in [0.2, 0.25) is 0 Å². The highest BCUT2D eigenvalue weighted by atomic mass is 32.2. The van der Waals surface area contributed by atoms with E-state index in [2.05, 4.69) is 15.0 Å². The molecule has 0 atom stereocenters. The summed E-state index contributed by atoms with van der Waals surface area (Å²) in [5, 5.41) is 25.4. The third-order valence-corrected chi connectivity index (χ3v) is 6.15. The molecule has 0 radical (unpaired) electrons. The summed E-state index contributed by atoms with van der Waals surface area (Å²) in [6, 6.07) is 8.60. The molecule has 11 nitrogen and oxygen atoms in total. The van der Waals surface area contributed by atoms with E-state index in [9.17, 15) is 33.2 Å². The van der Waals surface area contributed by atoms with Crippen molar-refractivity contribution in [3.63, 3.8) is 0 Å². The molecule has 0 saturated carbocycles. The molecule has 1 heterocycles. The van der Waals surface area contributed by atoms with Crippen LogP contribution in [-0.4, -0.2) is 35.4 Å². The molecule has 0 spiro atoms. The second-order valence-corrected chi connectivity index (χ2v) is 8.78. The van der Waals surface area contributed by atoms with E-state index in [1.807, 2.05) is 0 Å². The Labute approximate surface area is 180 Å². The Bertz CT molecular complexity index is 1250. The summed E-state index contributed by atoms with van der Waals surface area (Å²) in [6.07, 6.45) is 1.19. The van der Waals surface area contributed by atoms with E-state index in [1.54, 1.807) is 0 Å². The number of thioether (sulfide) groups is 1. The van der Waals surface area contributed by atoms with Gasteiger partial charge >= 0.3 is 0 Å². The van der Waals surface area contributed by atoms with Crippen molar-refractivity contribution in [1.82, 2.24) is 5.32 Å². The lowest BCUT2D eigenvalue weighted by Crippen LogP contribution is -2.20. The Morgan fingerprint density at radius 2 is 1.94 bits per heavy atom. The molecule has 13 heteroatoms. The Hall–Kier alpha value is -3.71. The number of anilines is 1. The summed E-state index contributed by atoms with van der Waals surface area (Å²) in [6.45, 7) is 1.31. The van der Waals surface area contributed by atoms with Crippen LogP contribution in [0.3, 0.4) is 0 Å². The molecule has 1 aliphatic heterocycles. The smallest absolute Gasteiger partial charge is 0.284 e. The minimum atomic E-state index is -4.16. The van der Waals surface area contributed by atoms with E-state index >= 15 is 0 Å². The van der Waals surface area contributed by atoms with Crippen molar-refractivity contribution < 1.29 is 28.0 Å². The number of benzene rings is 2. The quantitative estimate of drug-likeness (QED) is 0.345. The summed E-state index contributed by atoms with van der Waals surface area (Å²) >= 11 is 0.703. The molecule has 3 N–H and O–H groups in total. The summed E-state index contributed by atoms with van der Waals surface area (Å²) in [5.74, 6) is -1.27. The van der Waals surface area contributed by atoms with Gasteiger partial charge in [0.05, 0.1) is 14.7 Å². The van der Waals surface area contributed by atoms with E-state index in [0.717, 1.165) is 18.2 Å². The van der Waals surface area contributed by atoms with Crippen LogP contribution in [0.15, 0.2) is 56.7 Å². The predicted octanol–water partition coefficient (Wildman–Crippen LogP) is 2.21. The number of carbonyl (C=O) groups excluding carboxylic acids is 2. The number of nitrogens with zero attached hydrogens (tertiary/aromatic N) is 2. The van der Waals surface area contributed by atoms with Crippen LogP contribution < -0.4 is 10.6 Å². The van der Waals surface area contributed by atoms with Crippen LogP contribution >= 0.6 is 11.8 Å². The number of amidine groups is 1. The lowest BCUT2D eigenvalue weighted by atomic mass is 10.1. The zero-order chi connectivity index (χ0) is 22.8. The molecule has 0 unspecified atom stereocenters. The van der Waals surface area contributed by atoms with Crippen molar-refractivity contribution in [3.05, 3.63) is 63.0 Å². The van der Waals surface area contributed by atoms with Gasteiger partial charge in [0, 0.05) is 30.3 Å². The standard InChI is InChI=1S/C18H14N4O7S2/c1-10(23)19-12-2-5-14(6-3-12)31(28,29)21-18-20-17(25)16(30-18)9-11-8-13(22(26)27)4-7-15(11)24/h2-9,24H,1H3,(H,19,23)(H,20,21,25)/b16-9-. The molecule has 0 aromatic heterocycles. The molecule has 31 heavy (non-hydrogen) atoms. The SMILES string of the molecule is CC(=O)Nc1ccc(S(=O)(=O)N=C2NC(=O)/C(=C/c3cc([N+](=O)[O-])ccc3O)S2)cc1. The van der Waals surface area contributed by atoms with Gasteiger partial charge in [-0.25, -0.2) is 0 Å². The predicted molar refractivity (Wildman–Crippen MR) is 114 cm³/mol. The number of nitro groups is 1. The van der Waals surface area contributed by atoms with Crippen LogP contribution in [0.4, 0.5) is 11.4 Å². The second-order valence-electron chi connectivity index (χ2n) is 6.14. The van der Waals surface area contributed by atoms with E-state index in [0.29, 0.717) is 17.4 Å². The van der Waals surface area contributed by atoms with Crippen molar-refractivity contribution in [3.8, 4) is 5.75 Å². The Kier molecular flexibility index (Phi) is 6.08. The van der Waals surface area contributed by atoms with Crippen molar-refractivity contribution in [2.24, 2.45) is 4.40 Å². The zero-order valence-corrected chi connectivity index (χ0v) is 17.4. The third kappa shape index (κ3) is 5.26. The van der Waals surface area contributed by atoms with Gasteiger partial charge in [0.2, 0.25) is 5.91 Å². The molecule has 0 bridgehead atoms. The number of hydrogen-bond acceptors (Lipinski definition) is 8. The molecule has 160 valence electrons. The topological polar surface area (TPSA) is 168 Å². The number of sulfonamides is 1. The van der Waals surface area contributed by atoms with Gasteiger partial charge in [0.25, 0.3) is 21.6 Å². The second kappa shape index (κ2) is 8.57. The van der Waals surface area contributed by atoms with Gasteiger partial charge < -0.3 is 10.4 Å². The molecule has 3 rings (SSSR count). The number of rotatable bonds is 5. The normalized spacial score (nSPS) is 16.4. The molecule has 2 amide bonds. The molecule has 1 saturated heterocycles. The average Bonchev–Trinajstić information content (AvgIpc) is 3.01. The number of phenols is 1. The maximum Gasteiger partial charge on any atom is 0.284 e. The molecular weight excluding hydrogens is 448 g/mol. The Balaban J connectivity index is 1.85. The van der Waals surface area contributed by atoms with Crippen LogP contribution in [-0.2, 0) is 19.6 Å². The van der Waals surface area contributed by atoms with Crippen molar-refractivity contribution in [2.45, 2.75) is 11.8 Å². The van der Waals surface area contributed by atoms with E-state index in [4.69, 9.17) is 0 Å². The third-order valence-electron chi connectivity index (χ3n) is 3.84. The summed E-state index contributed by atoms with van der Waals surface area (Å²) < 4.78 is 28.6. The first kappa shape index (κ1) is 22.0. The molecular formula is C18H14N4O7S2. The summed E-state index contributed by atoms with van der Waals surface area (Å²) in [5.41, 5.74) is 0.140. The highest BCUT2D eigenvalue weighted by Crippen LogP contribution is 2.31. The Morgan fingerprint density at radius 3 is 2.55 bits per heavy atom. The van der Waals surface area contributed by atoms with Gasteiger partial charge in [-0.3, -0.25) is 25.0 Å². The Morgan fingerprint density at radius 1 is 1.26 bits per heavy atom. The first-order chi connectivity index (χ1) is 14.5. The number of nitro benzene ring substituents is 1. The molecule has 1 fully saturated rings. The summed E-state index contributed by atoms with van der Waals surface area (Å²) in [7, 11) is -4.16. The van der Waals surface area contributed by atoms with Gasteiger partial charge in [-0.2, -0.15) is 8.42 Å². The van der Waals surface area contributed by atoms with E-state index in [-0.39, 0.29) is 37.9 Å². The number of hydrogen-bond donors (Lipinski definition) is 3. The largest absolute Gasteiger partial charge is 0.507 e. The number of nitrogens with one attached hydrogen (secondary N) is 2. The maximum absolute atomic E-state index is 12.5. The molecule has 2 aromatic rings. The first-order valence-electron chi connectivity index (χ1n) is 8.46. The monoisotopic (exact) mass is 462 g/mol. The number of phenolic OH excluding ortho intramolecular Hbond substituents is 1. The average molecular weight is 462 g/mol. The summed E-state index contributed by atoms with van der Waals surface area (Å²) in [4.78, 5) is 33.3. The van der Waals surface area contributed by atoms with Gasteiger partial charge in [0.15, 0.2) is 5.17 Å². The lowest BCUT2D eigenvalue weighted by molar-refractivity contribution is -0.384. The van der Waals surface area contributed by atoms with Gasteiger partial charge in [-0.1, -0.05) is 0 Å². The highest BCUT2D eigenvalue weighted by molar-refractivity contribution is 8.19. The van der Waals surface area contributed by atoms with Crippen LogP contribution in [0.25, 0.3) is 6.08 Å². The maximum atomic E-state index is 12.5. The molecule has 1 aliphatic rings. The highest BCUT2D eigenvalue weighted by Gasteiger charge is 2.27. The van der Waals surface area contributed by atoms with Gasteiger partial charge in [0.1, 0.15) is 5.75 Å². The lowest BCUT2D eigenvalue weighted by Gasteiger charge is -2.03. The minimum Gasteiger partial charge on any atom is -0.507 e. The fourth-order valence-electron chi connectivity index (χ4n) is 2.46. The number of aromatic hydroxyl groups is 1. The van der Waals surface area contributed by atoms with Crippen molar-refractivity contribution >= 4 is 56.2 Å². The van der Waals surface area contributed by atoms with Gasteiger partial charge in [-0.15, -0.1) is 4.40 Å². The zero-order valence-electron chi connectivity index (χ0n) is 15.7. The van der Waals surface area contributed by atoms with E-state index in [1.165, 1.54) is 37.3 Å². The van der Waals surface area contributed by atoms with Gasteiger partial charge in [-0.05, 0) is 48.2 Å². The van der Waals surface area contributed by atoms with Crippen molar-refractivity contribution in [1.29, 1.82) is 0 Å². The number of carbonyl (C=O) groups is 2. The van der Waals surface area contributed by atoms with E-state index < -0.39 is 20.9 Å². The van der Waals surface area contributed by atoms with Crippen LogP contribution in [0, 0.1) is 10.1 Å². The fraction of sp³-hybridized carbons (Fsp3) is 0.0556.